The van der Waals surface area contributed by atoms with Gasteiger partial charge in [-0.1, -0.05) is 38.1 Å². The molecule has 0 bridgehead atoms. The van der Waals surface area contributed by atoms with Crippen LogP contribution in [0.15, 0.2) is 36.7 Å². The van der Waals surface area contributed by atoms with Crippen molar-refractivity contribution in [3.05, 3.63) is 53.6 Å². The second-order valence-electron chi connectivity index (χ2n) is 4.53. The summed E-state index contributed by atoms with van der Waals surface area (Å²) in [5.74, 6) is 1.27. The Hall–Kier alpha value is -1.61. The zero-order valence-corrected chi connectivity index (χ0v) is 10.3. The van der Waals surface area contributed by atoms with E-state index in [1.165, 1.54) is 11.1 Å². The molecule has 3 nitrogen and oxygen atoms in total. The molecule has 0 amide bonds. The van der Waals surface area contributed by atoms with Gasteiger partial charge in [-0.05, 0) is 17.0 Å². The zero-order valence-electron chi connectivity index (χ0n) is 10.3. The monoisotopic (exact) mass is 230 g/mol. The van der Waals surface area contributed by atoms with E-state index in [1.807, 2.05) is 10.8 Å². The average Bonchev–Trinajstić information content (AvgIpc) is 2.77. The molecule has 3 heteroatoms. The fourth-order valence-corrected chi connectivity index (χ4v) is 1.84. The van der Waals surface area contributed by atoms with Gasteiger partial charge in [0.15, 0.2) is 0 Å². The van der Waals surface area contributed by atoms with Crippen molar-refractivity contribution in [3.63, 3.8) is 0 Å². The summed E-state index contributed by atoms with van der Waals surface area (Å²) in [6, 6.07) is 8.60. The highest BCUT2D eigenvalue weighted by Gasteiger charge is 2.03. The molecule has 0 saturated heterocycles. The second-order valence-corrected chi connectivity index (χ2v) is 4.53. The zero-order chi connectivity index (χ0) is 12.3. The van der Waals surface area contributed by atoms with Crippen molar-refractivity contribution in [2.45, 2.75) is 32.9 Å². The molecular weight excluding hydrogens is 212 g/mol. The van der Waals surface area contributed by atoms with Gasteiger partial charge < -0.3 is 9.67 Å². The molecule has 0 saturated carbocycles. The van der Waals surface area contributed by atoms with Crippen molar-refractivity contribution >= 4 is 0 Å². The highest BCUT2D eigenvalue weighted by Crippen LogP contribution is 2.15. The van der Waals surface area contributed by atoms with Gasteiger partial charge in [0.25, 0.3) is 0 Å². The first-order valence-electron chi connectivity index (χ1n) is 5.90. The Morgan fingerprint density at radius 1 is 1.24 bits per heavy atom. The summed E-state index contributed by atoms with van der Waals surface area (Å²) in [7, 11) is 0. The van der Waals surface area contributed by atoms with Crippen molar-refractivity contribution in [1.82, 2.24) is 9.55 Å². The number of rotatable bonds is 4. The van der Waals surface area contributed by atoms with E-state index in [9.17, 15) is 0 Å². The summed E-state index contributed by atoms with van der Waals surface area (Å²) in [6.45, 7) is 5.12. The lowest BCUT2D eigenvalue weighted by Crippen LogP contribution is -2.04. The standard InChI is InChI=1S/C14H18N2O/c1-11(2)13-5-3-12(4-6-13)9-16-8-7-15-14(16)10-17/h3-8,11,17H,9-10H2,1-2H3. The van der Waals surface area contributed by atoms with Crippen LogP contribution in [-0.2, 0) is 13.2 Å². The molecule has 0 aliphatic carbocycles. The maximum absolute atomic E-state index is 9.12. The van der Waals surface area contributed by atoms with Gasteiger partial charge in [0.2, 0.25) is 0 Å². The molecule has 17 heavy (non-hydrogen) atoms. The summed E-state index contributed by atoms with van der Waals surface area (Å²) in [5.41, 5.74) is 2.57. The molecule has 2 aromatic rings. The van der Waals surface area contributed by atoms with Crippen molar-refractivity contribution in [1.29, 1.82) is 0 Å². The third-order valence-electron chi connectivity index (χ3n) is 2.94. The molecular formula is C14H18N2O. The normalized spacial score (nSPS) is 11.1. The molecule has 0 spiro atoms. The molecule has 0 radical (unpaired) electrons. The van der Waals surface area contributed by atoms with Crippen molar-refractivity contribution in [2.24, 2.45) is 0 Å². The van der Waals surface area contributed by atoms with Gasteiger partial charge in [0.1, 0.15) is 12.4 Å². The minimum Gasteiger partial charge on any atom is -0.388 e. The lowest BCUT2D eigenvalue weighted by molar-refractivity contribution is 0.266. The number of nitrogens with zero attached hydrogens (tertiary/aromatic N) is 2. The lowest BCUT2D eigenvalue weighted by Gasteiger charge is -2.09. The molecule has 2 rings (SSSR count). The minimum absolute atomic E-state index is 0.0168. The predicted molar refractivity (Wildman–Crippen MR) is 67.8 cm³/mol. The molecule has 0 aliphatic heterocycles. The average molecular weight is 230 g/mol. The van der Waals surface area contributed by atoms with Gasteiger partial charge in [0, 0.05) is 18.9 Å². The first-order chi connectivity index (χ1) is 8.20. The second kappa shape index (κ2) is 5.15. The molecule has 0 atom stereocenters. The van der Waals surface area contributed by atoms with E-state index in [0.717, 1.165) is 6.54 Å². The van der Waals surface area contributed by atoms with Gasteiger partial charge in [-0.2, -0.15) is 0 Å². The Morgan fingerprint density at radius 3 is 2.53 bits per heavy atom. The number of benzene rings is 1. The fraction of sp³-hybridized carbons (Fsp3) is 0.357. The molecule has 1 aromatic carbocycles. The van der Waals surface area contributed by atoms with Crippen LogP contribution in [0.5, 0.6) is 0 Å². The topological polar surface area (TPSA) is 38.0 Å². The number of aliphatic hydroxyl groups is 1. The van der Waals surface area contributed by atoms with Gasteiger partial charge in [0.05, 0.1) is 0 Å². The van der Waals surface area contributed by atoms with Crippen LogP contribution in [0.4, 0.5) is 0 Å². The third kappa shape index (κ3) is 2.74. The van der Waals surface area contributed by atoms with Crippen LogP contribution in [-0.4, -0.2) is 14.7 Å². The van der Waals surface area contributed by atoms with E-state index in [-0.39, 0.29) is 6.61 Å². The summed E-state index contributed by atoms with van der Waals surface area (Å²) >= 11 is 0. The maximum atomic E-state index is 9.12. The first-order valence-corrected chi connectivity index (χ1v) is 5.90. The molecule has 1 aromatic heterocycles. The van der Waals surface area contributed by atoms with Crippen LogP contribution in [0, 0.1) is 0 Å². The summed E-state index contributed by atoms with van der Waals surface area (Å²) in [4.78, 5) is 4.09. The lowest BCUT2D eigenvalue weighted by atomic mass is 10.0. The van der Waals surface area contributed by atoms with E-state index in [1.54, 1.807) is 6.20 Å². The molecule has 90 valence electrons. The Labute approximate surface area is 102 Å². The van der Waals surface area contributed by atoms with Crippen LogP contribution in [0.25, 0.3) is 0 Å². The van der Waals surface area contributed by atoms with Crippen molar-refractivity contribution in [2.75, 3.05) is 0 Å². The van der Waals surface area contributed by atoms with Crippen molar-refractivity contribution < 1.29 is 5.11 Å². The van der Waals surface area contributed by atoms with E-state index >= 15 is 0 Å². The number of hydrogen-bond donors (Lipinski definition) is 1. The Kier molecular flexibility index (Phi) is 3.59. The Balaban J connectivity index is 2.14. The van der Waals surface area contributed by atoms with Crippen LogP contribution >= 0.6 is 0 Å². The van der Waals surface area contributed by atoms with E-state index in [4.69, 9.17) is 5.11 Å². The van der Waals surface area contributed by atoms with E-state index < -0.39 is 0 Å². The Bertz CT molecular complexity index is 471. The van der Waals surface area contributed by atoms with Crippen LogP contribution < -0.4 is 0 Å². The number of imidazole rings is 1. The van der Waals surface area contributed by atoms with E-state index in [2.05, 4.69) is 43.1 Å². The van der Waals surface area contributed by atoms with Gasteiger partial charge in [-0.3, -0.25) is 0 Å². The largest absolute Gasteiger partial charge is 0.388 e. The first kappa shape index (κ1) is 11.9. The SMILES string of the molecule is CC(C)c1ccc(Cn2ccnc2CO)cc1. The highest BCUT2D eigenvalue weighted by molar-refractivity contribution is 5.25. The van der Waals surface area contributed by atoms with Crippen LogP contribution in [0.3, 0.4) is 0 Å². The molecule has 1 N–H and O–H groups in total. The highest BCUT2D eigenvalue weighted by atomic mass is 16.3. The minimum atomic E-state index is -0.0168. The van der Waals surface area contributed by atoms with Gasteiger partial charge in [-0.15, -0.1) is 0 Å². The molecule has 0 aliphatic rings. The third-order valence-corrected chi connectivity index (χ3v) is 2.94. The number of hydrogen-bond acceptors (Lipinski definition) is 2. The van der Waals surface area contributed by atoms with Gasteiger partial charge >= 0.3 is 0 Å². The summed E-state index contributed by atoms with van der Waals surface area (Å²) in [6.07, 6.45) is 3.61. The number of aliphatic hydroxyl groups excluding tert-OH is 1. The predicted octanol–water partition coefficient (Wildman–Crippen LogP) is 2.55. The fourth-order valence-electron chi connectivity index (χ4n) is 1.84. The smallest absolute Gasteiger partial charge is 0.134 e. The van der Waals surface area contributed by atoms with E-state index in [0.29, 0.717) is 11.7 Å². The maximum Gasteiger partial charge on any atom is 0.134 e. The molecule has 1 heterocycles. The molecule has 0 fully saturated rings. The summed E-state index contributed by atoms with van der Waals surface area (Å²) < 4.78 is 1.96. The van der Waals surface area contributed by atoms with Crippen molar-refractivity contribution in [3.8, 4) is 0 Å². The van der Waals surface area contributed by atoms with Gasteiger partial charge in [-0.25, -0.2) is 4.98 Å². The summed E-state index contributed by atoms with van der Waals surface area (Å²) in [5, 5.41) is 9.12. The van der Waals surface area contributed by atoms with Crippen LogP contribution in [0.1, 0.15) is 36.7 Å². The number of aromatic nitrogens is 2. The quantitative estimate of drug-likeness (QED) is 0.876. The van der Waals surface area contributed by atoms with Crippen LogP contribution in [0.2, 0.25) is 0 Å². The molecule has 0 unspecified atom stereocenters. The Morgan fingerprint density at radius 2 is 1.94 bits per heavy atom.